The third-order valence-electron chi connectivity index (χ3n) is 4.71. The monoisotopic (exact) mass is 473 g/mol. The summed E-state index contributed by atoms with van der Waals surface area (Å²) in [7, 11) is 1.59. The van der Waals surface area contributed by atoms with Crippen LogP contribution in [0.1, 0.15) is 34.0 Å². The molecule has 33 heavy (non-hydrogen) atoms. The minimum Gasteiger partial charge on any atom is -0.489 e. The van der Waals surface area contributed by atoms with E-state index in [1.165, 1.54) is 29.0 Å². The Kier molecular flexibility index (Phi) is 6.44. The molecule has 0 amide bonds. The van der Waals surface area contributed by atoms with Crippen molar-refractivity contribution in [1.29, 1.82) is 0 Å². The van der Waals surface area contributed by atoms with Crippen LogP contribution in [0.4, 0.5) is 26.3 Å². The second-order valence-electron chi connectivity index (χ2n) is 7.09. The molecular formula is C22H17F6NO4. The largest absolute Gasteiger partial charge is 0.489 e. The predicted octanol–water partition coefficient (Wildman–Crippen LogP) is 5.33. The van der Waals surface area contributed by atoms with Crippen LogP contribution in [0.5, 0.6) is 5.75 Å². The number of alkyl halides is 6. The molecule has 5 nitrogen and oxygen atoms in total. The molecule has 0 aliphatic heterocycles. The van der Waals surface area contributed by atoms with E-state index in [9.17, 15) is 35.9 Å². The standard InChI is InChI=1S/C22H17F6NO4/c1-3-32-20(31)17-10-29(2)18-5-4-15(9-16(18)19(17)30)33-11-12-6-13(21(23,24)25)8-14(7-12)22(26,27)28/h4-10H,3,11H2,1-2H3. The highest BCUT2D eigenvalue weighted by Crippen LogP contribution is 2.36. The Hall–Kier alpha value is -3.50. The molecule has 0 saturated heterocycles. The maximum absolute atomic E-state index is 13.0. The molecule has 176 valence electrons. The van der Waals surface area contributed by atoms with Gasteiger partial charge in [-0.3, -0.25) is 4.79 Å². The van der Waals surface area contributed by atoms with Gasteiger partial charge >= 0.3 is 18.3 Å². The number of esters is 1. The third kappa shape index (κ3) is 5.29. The summed E-state index contributed by atoms with van der Waals surface area (Å²) in [6.07, 6.45) is -8.65. The van der Waals surface area contributed by atoms with Crippen molar-refractivity contribution in [3.8, 4) is 5.75 Å². The van der Waals surface area contributed by atoms with Gasteiger partial charge in [0.25, 0.3) is 0 Å². The second kappa shape index (κ2) is 8.80. The fourth-order valence-electron chi connectivity index (χ4n) is 3.18. The highest BCUT2D eigenvalue weighted by Gasteiger charge is 2.36. The first kappa shape index (κ1) is 24.1. The van der Waals surface area contributed by atoms with Crippen molar-refractivity contribution in [3.63, 3.8) is 0 Å². The smallest absolute Gasteiger partial charge is 0.416 e. The molecule has 0 fully saturated rings. The van der Waals surface area contributed by atoms with Crippen LogP contribution in [0.15, 0.2) is 47.4 Å². The Morgan fingerprint density at radius 2 is 1.58 bits per heavy atom. The molecule has 0 bridgehead atoms. The van der Waals surface area contributed by atoms with Crippen molar-refractivity contribution in [2.45, 2.75) is 25.9 Å². The summed E-state index contributed by atoms with van der Waals surface area (Å²) in [6, 6.07) is 5.31. The van der Waals surface area contributed by atoms with Gasteiger partial charge in [-0.15, -0.1) is 0 Å². The lowest BCUT2D eigenvalue weighted by molar-refractivity contribution is -0.143. The summed E-state index contributed by atoms with van der Waals surface area (Å²) < 4.78 is 89.9. The SMILES string of the molecule is CCOC(=O)c1cn(C)c2ccc(OCc3cc(C(F)(F)F)cc(C(F)(F)F)c3)cc2c1=O. The zero-order chi connectivity index (χ0) is 24.6. The number of fused-ring (bicyclic) bond motifs is 1. The topological polar surface area (TPSA) is 57.5 Å². The normalized spacial score (nSPS) is 12.1. The summed E-state index contributed by atoms with van der Waals surface area (Å²) in [5.41, 5.74) is -3.71. The van der Waals surface area contributed by atoms with Crippen LogP contribution in [0.3, 0.4) is 0 Å². The number of nitrogens with zero attached hydrogens (tertiary/aromatic N) is 1. The highest BCUT2D eigenvalue weighted by atomic mass is 19.4. The molecule has 0 saturated carbocycles. The molecule has 3 aromatic rings. The number of aromatic nitrogens is 1. The molecule has 0 aliphatic rings. The lowest BCUT2D eigenvalue weighted by Crippen LogP contribution is -2.20. The van der Waals surface area contributed by atoms with Crippen molar-refractivity contribution >= 4 is 16.9 Å². The number of ether oxygens (including phenoxy) is 2. The van der Waals surface area contributed by atoms with E-state index in [4.69, 9.17) is 9.47 Å². The zero-order valence-corrected chi connectivity index (χ0v) is 17.3. The van der Waals surface area contributed by atoms with Gasteiger partial charge in [-0.25, -0.2) is 4.79 Å². The van der Waals surface area contributed by atoms with Gasteiger partial charge in [0.05, 0.1) is 28.6 Å². The first-order valence-corrected chi connectivity index (χ1v) is 9.53. The Labute approximate surface area is 183 Å². The Morgan fingerprint density at radius 3 is 2.12 bits per heavy atom. The van der Waals surface area contributed by atoms with Crippen LogP contribution in [-0.2, 0) is 30.7 Å². The summed E-state index contributed by atoms with van der Waals surface area (Å²) in [5.74, 6) is -0.804. The van der Waals surface area contributed by atoms with Gasteiger partial charge in [-0.1, -0.05) is 0 Å². The number of pyridine rings is 1. The first-order valence-electron chi connectivity index (χ1n) is 9.53. The molecule has 0 N–H and O–H groups in total. The second-order valence-corrected chi connectivity index (χ2v) is 7.09. The molecular weight excluding hydrogens is 456 g/mol. The zero-order valence-electron chi connectivity index (χ0n) is 17.3. The Morgan fingerprint density at radius 1 is 0.970 bits per heavy atom. The maximum Gasteiger partial charge on any atom is 0.416 e. The lowest BCUT2D eigenvalue weighted by atomic mass is 10.1. The number of hydrogen-bond acceptors (Lipinski definition) is 4. The quantitative estimate of drug-likeness (QED) is 0.371. The fraction of sp³-hybridized carbons (Fsp3) is 0.273. The van der Waals surface area contributed by atoms with Gasteiger partial charge in [0.1, 0.15) is 17.9 Å². The van der Waals surface area contributed by atoms with Crippen LogP contribution in [0.2, 0.25) is 0 Å². The summed E-state index contributed by atoms with van der Waals surface area (Å²) in [5, 5.41) is 0.0700. The number of halogens is 6. The van der Waals surface area contributed by atoms with Gasteiger partial charge in [0.15, 0.2) is 0 Å². The van der Waals surface area contributed by atoms with Gasteiger partial charge in [-0.05, 0) is 48.9 Å². The third-order valence-corrected chi connectivity index (χ3v) is 4.71. The van der Waals surface area contributed by atoms with Crippen LogP contribution in [0, 0.1) is 0 Å². The van der Waals surface area contributed by atoms with Crippen molar-refractivity contribution in [2.75, 3.05) is 6.61 Å². The van der Waals surface area contributed by atoms with E-state index in [0.29, 0.717) is 17.6 Å². The molecule has 0 spiro atoms. The Balaban J connectivity index is 1.97. The van der Waals surface area contributed by atoms with E-state index in [1.807, 2.05) is 0 Å². The number of hydrogen-bond donors (Lipinski definition) is 0. The van der Waals surface area contributed by atoms with Crippen LogP contribution >= 0.6 is 0 Å². The molecule has 3 rings (SSSR count). The predicted molar refractivity (Wildman–Crippen MR) is 106 cm³/mol. The minimum atomic E-state index is -4.98. The van der Waals surface area contributed by atoms with E-state index in [2.05, 4.69) is 0 Å². The van der Waals surface area contributed by atoms with Crippen LogP contribution in [0.25, 0.3) is 10.9 Å². The number of carbonyl (C=O) groups is 1. The van der Waals surface area contributed by atoms with Gasteiger partial charge in [0, 0.05) is 13.2 Å². The molecule has 0 atom stereocenters. The fourth-order valence-corrected chi connectivity index (χ4v) is 3.18. The van der Waals surface area contributed by atoms with Crippen molar-refractivity contribution < 1.29 is 40.6 Å². The molecule has 0 radical (unpaired) electrons. The van der Waals surface area contributed by atoms with Crippen molar-refractivity contribution in [1.82, 2.24) is 4.57 Å². The van der Waals surface area contributed by atoms with E-state index < -0.39 is 41.5 Å². The van der Waals surface area contributed by atoms with Gasteiger partial charge < -0.3 is 14.0 Å². The lowest BCUT2D eigenvalue weighted by Gasteiger charge is -2.15. The maximum atomic E-state index is 13.0. The highest BCUT2D eigenvalue weighted by molar-refractivity contribution is 5.94. The summed E-state index contributed by atoms with van der Waals surface area (Å²) >= 11 is 0. The molecule has 2 aromatic carbocycles. The molecule has 0 aliphatic carbocycles. The molecule has 1 heterocycles. The van der Waals surface area contributed by atoms with E-state index >= 15 is 0 Å². The minimum absolute atomic E-state index is 0.0200. The number of benzene rings is 2. The molecule has 0 unspecified atom stereocenters. The van der Waals surface area contributed by atoms with E-state index in [1.54, 1.807) is 14.0 Å². The summed E-state index contributed by atoms with van der Waals surface area (Å²) in [6.45, 7) is 1.02. The average molecular weight is 473 g/mol. The van der Waals surface area contributed by atoms with E-state index in [-0.39, 0.29) is 34.9 Å². The van der Waals surface area contributed by atoms with Gasteiger partial charge in [0.2, 0.25) is 5.43 Å². The Bertz CT molecular complexity index is 1230. The number of rotatable bonds is 5. The van der Waals surface area contributed by atoms with Crippen molar-refractivity contribution in [3.05, 3.63) is 75.1 Å². The molecule has 11 heteroatoms. The average Bonchev–Trinajstić information content (AvgIpc) is 2.73. The first-order chi connectivity index (χ1) is 15.3. The van der Waals surface area contributed by atoms with Gasteiger partial charge in [-0.2, -0.15) is 26.3 Å². The van der Waals surface area contributed by atoms with Crippen LogP contribution in [-0.4, -0.2) is 17.1 Å². The summed E-state index contributed by atoms with van der Waals surface area (Å²) in [4.78, 5) is 24.7. The molecule has 1 aromatic heterocycles. The van der Waals surface area contributed by atoms with E-state index in [0.717, 1.165) is 0 Å². The van der Waals surface area contributed by atoms with Crippen molar-refractivity contribution in [2.24, 2.45) is 7.05 Å². The number of aryl methyl sites for hydroxylation is 1. The number of carbonyl (C=O) groups excluding carboxylic acids is 1. The van der Waals surface area contributed by atoms with Crippen LogP contribution < -0.4 is 10.2 Å².